The van der Waals surface area contributed by atoms with E-state index in [1.165, 1.54) is 38.0 Å². The highest BCUT2D eigenvalue weighted by atomic mass is 16.6. The Hall–Kier alpha value is -3.34. The first-order valence-corrected chi connectivity index (χ1v) is 9.67. The SMILES string of the molecule is COc1cc(C=C2C=C(c3ccc4c(c3)CCCC4)OC2=O)ccc1OC(C)=O. The van der Waals surface area contributed by atoms with Crippen LogP contribution in [0.25, 0.3) is 11.8 Å². The second-order valence-electron chi connectivity index (χ2n) is 7.19. The van der Waals surface area contributed by atoms with Gasteiger partial charge < -0.3 is 14.2 Å². The van der Waals surface area contributed by atoms with Crippen molar-refractivity contribution in [3.05, 3.63) is 70.3 Å². The molecule has 0 spiro atoms. The molecule has 0 saturated heterocycles. The van der Waals surface area contributed by atoms with Gasteiger partial charge in [-0.2, -0.15) is 0 Å². The maximum atomic E-state index is 12.4. The van der Waals surface area contributed by atoms with Crippen LogP contribution in [0.3, 0.4) is 0 Å². The Kier molecular flexibility index (Phi) is 5.21. The number of benzene rings is 2. The van der Waals surface area contributed by atoms with Crippen LogP contribution in [0.5, 0.6) is 11.5 Å². The third-order valence-corrected chi connectivity index (χ3v) is 5.12. The molecule has 2 aromatic carbocycles. The van der Waals surface area contributed by atoms with Crippen LogP contribution < -0.4 is 9.47 Å². The van der Waals surface area contributed by atoms with Gasteiger partial charge >= 0.3 is 11.9 Å². The number of fused-ring (bicyclic) bond motifs is 1. The van der Waals surface area contributed by atoms with Crippen molar-refractivity contribution < 1.29 is 23.8 Å². The van der Waals surface area contributed by atoms with E-state index in [0.29, 0.717) is 22.8 Å². The molecule has 0 amide bonds. The smallest absolute Gasteiger partial charge is 0.343 e. The van der Waals surface area contributed by atoms with E-state index in [1.807, 2.05) is 6.07 Å². The lowest BCUT2D eigenvalue weighted by atomic mass is 9.90. The molecule has 1 heterocycles. The summed E-state index contributed by atoms with van der Waals surface area (Å²) in [6, 6.07) is 11.4. The van der Waals surface area contributed by atoms with Crippen LogP contribution in [-0.4, -0.2) is 19.0 Å². The van der Waals surface area contributed by atoms with Gasteiger partial charge in [0.2, 0.25) is 0 Å². The Morgan fingerprint density at radius 2 is 1.83 bits per heavy atom. The van der Waals surface area contributed by atoms with Gasteiger partial charge in [0.05, 0.1) is 12.7 Å². The van der Waals surface area contributed by atoms with E-state index in [9.17, 15) is 9.59 Å². The summed E-state index contributed by atoms with van der Waals surface area (Å²) in [5.41, 5.74) is 4.85. The average Bonchev–Trinajstić information content (AvgIpc) is 3.08. The number of methoxy groups -OCH3 is 1. The fraction of sp³-hybridized carbons (Fsp3) is 0.250. The number of carbonyl (C=O) groups is 2. The maximum Gasteiger partial charge on any atom is 0.343 e. The molecule has 2 aromatic rings. The standard InChI is InChI=1S/C24H22O5/c1-15(25)28-21-10-7-16(12-23(21)27-2)11-20-14-22(29-24(20)26)19-9-8-17-5-3-4-6-18(17)13-19/h7-14H,3-6H2,1-2H3. The Labute approximate surface area is 169 Å². The van der Waals surface area contributed by atoms with E-state index < -0.39 is 5.97 Å². The predicted molar refractivity (Wildman–Crippen MR) is 109 cm³/mol. The van der Waals surface area contributed by atoms with Crippen molar-refractivity contribution in [1.82, 2.24) is 0 Å². The summed E-state index contributed by atoms with van der Waals surface area (Å²) in [6.07, 6.45) is 8.11. The molecule has 1 aliphatic heterocycles. The number of esters is 2. The first kappa shape index (κ1) is 19.0. The number of hydrogen-bond acceptors (Lipinski definition) is 5. The van der Waals surface area contributed by atoms with Crippen molar-refractivity contribution in [2.45, 2.75) is 32.6 Å². The highest BCUT2D eigenvalue weighted by Gasteiger charge is 2.23. The molecule has 0 atom stereocenters. The van der Waals surface area contributed by atoms with Crippen molar-refractivity contribution in [3.8, 4) is 11.5 Å². The molecule has 0 bridgehead atoms. The molecule has 5 nitrogen and oxygen atoms in total. The lowest BCUT2D eigenvalue weighted by Crippen LogP contribution is -2.03. The van der Waals surface area contributed by atoms with E-state index in [4.69, 9.17) is 14.2 Å². The summed E-state index contributed by atoms with van der Waals surface area (Å²) in [5.74, 6) is 0.506. The largest absolute Gasteiger partial charge is 0.493 e. The first-order valence-electron chi connectivity index (χ1n) is 9.67. The van der Waals surface area contributed by atoms with Crippen LogP contribution in [-0.2, 0) is 27.2 Å². The van der Waals surface area contributed by atoms with Gasteiger partial charge in [0.15, 0.2) is 11.5 Å². The highest BCUT2D eigenvalue weighted by Crippen LogP contribution is 2.33. The fourth-order valence-electron chi connectivity index (χ4n) is 3.71. The third-order valence-electron chi connectivity index (χ3n) is 5.12. The molecule has 0 fully saturated rings. The van der Waals surface area contributed by atoms with E-state index >= 15 is 0 Å². The lowest BCUT2D eigenvalue weighted by molar-refractivity contribution is -0.132. The van der Waals surface area contributed by atoms with Gasteiger partial charge in [-0.1, -0.05) is 18.2 Å². The van der Waals surface area contributed by atoms with Gasteiger partial charge in [0.25, 0.3) is 0 Å². The Bertz CT molecular complexity index is 1050. The highest BCUT2D eigenvalue weighted by molar-refractivity contribution is 6.05. The van der Waals surface area contributed by atoms with Gasteiger partial charge in [-0.3, -0.25) is 4.79 Å². The fourth-order valence-corrected chi connectivity index (χ4v) is 3.71. The zero-order chi connectivity index (χ0) is 20.4. The van der Waals surface area contributed by atoms with Crippen molar-refractivity contribution in [1.29, 1.82) is 0 Å². The molecule has 2 aliphatic rings. The van der Waals surface area contributed by atoms with Crippen LogP contribution in [0, 0.1) is 0 Å². The quantitative estimate of drug-likeness (QED) is 0.438. The van der Waals surface area contributed by atoms with Crippen LogP contribution >= 0.6 is 0 Å². The number of cyclic esters (lactones) is 1. The third kappa shape index (κ3) is 4.09. The van der Waals surface area contributed by atoms with Crippen molar-refractivity contribution in [2.75, 3.05) is 7.11 Å². The Morgan fingerprint density at radius 3 is 2.59 bits per heavy atom. The second-order valence-corrected chi connectivity index (χ2v) is 7.19. The molecule has 1 aliphatic carbocycles. The monoisotopic (exact) mass is 390 g/mol. The molecule has 0 saturated carbocycles. The van der Waals surface area contributed by atoms with Crippen molar-refractivity contribution >= 4 is 23.8 Å². The number of ether oxygens (including phenoxy) is 3. The average molecular weight is 390 g/mol. The number of carbonyl (C=O) groups excluding carboxylic acids is 2. The van der Waals surface area contributed by atoms with Gasteiger partial charge in [-0.15, -0.1) is 0 Å². The van der Waals surface area contributed by atoms with Crippen LogP contribution in [0.2, 0.25) is 0 Å². The van der Waals surface area contributed by atoms with Crippen molar-refractivity contribution in [3.63, 3.8) is 0 Å². The molecular formula is C24H22O5. The summed E-state index contributed by atoms with van der Waals surface area (Å²) in [6.45, 7) is 1.33. The zero-order valence-electron chi connectivity index (χ0n) is 16.5. The van der Waals surface area contributed by atoms with Crippen LogP contribution in [0.15, 0.2) is 48.0 Å². The molecule has 5 heteroatoms. The van der Waals surface area contributed by atoms with Gasteiger partial charge in [-0.25, -0.2) is 4.79 Å². The van der Waals surface area contributed by atoms with Crippen molar-refractivity contribution in [2.24, 2.45) is 0 Å². The summed E-state index contributed by atoms with van der Waals surface area (Å²) in [7, 11) is 1.50. The molecule has 0 unspecified atom stereocenters. The number of rotatable bonds is 4. The summed E-state index contributed by atoms with van der Waals surface area (Å²) >= 11 is 0. The summed E-state index contributed by atoms with van der Waals surface area (Å²) in [5, 5.41) is 0. The van der Waals surface area contributed by atoms with E-state index in [0.717, 1.165) is 24.0 Å². The minimum Gasteiger partial charge on any atom is -0.493 e. The van der Waals surface area contributed by atoms with E-state index in [1.54, 1.807) is 30.4 Å². The Balaban J connectivity index is 1.62. The topological polar surface area (TPSA) is 61.8 Å². The summed E-state index contributed by atoms with van der Waals surface area (Å²) in [4.78, 5) is 23.6. The first-order chi connectivity index (χ1) is 14.0. The van der Waals surface area contributed by atoms with E-state index in [2.05, 4.69) is 12.1 Å². The van der Waals surface area contributed by atoms with Crippen LogP contribution in [0.1, 0.15) is 42.0 Å². The predicted octanol–water partition coefficient (Wildman–Crippen LogP) is 4.48. The van der Waals surface area contributed by atoms with E-state index in [-0.39, 0.29) is 5.97 Å². The molecular weight excluding hydrogens is 368 g/mol. The minimum atomic E-state index is -0.425. The minimum absolute atomic E-state index is 0.335. The maximum absolute atomic E-state index is 12.4. The molecule has 0 radical (unpaired) electrons. The summed E-state index contributed by atoms with van der Waals surface area (Å²) < 4.78 is 15.9. The van der Waals surface area contributed by atoms with Crippen LogP contribution in [0.4, 0.5) is 0 Å². The number of hydrogen-bond donors (Lipinski definition) is 0. The number of aryl methyl sites for hydroxylation is 2. The molecule has 148 valence electrons. The van der Waals surface area contributed by atoms with Gasteiger partial charge in [-0.05, 0) is 72.7 Å². The Morgan fingerprint density at radius 1 is 1.03 bits per heavy atom. The molecule has 4 rings (SSSR count). The second kappa shape index (κ2) is 7.95. The lowest BCUT2D eigenvalue weighted by Gasteiger charge is -2.16. The van der Waals surface area contributed by atoms with Gasteiger partial charge in [0.1, 0.15) is 5.76 Å². The van der Waals surface area contributed by atoms with Gasteiger partial charge in [0, 0.05) is 12.5 Å². The molecule has 29 heavy (non-hydrogen) atoms. The zero-order valence-corrected chi connectivity index (χ0v) is 16.5. The molecule has 0 N–H and O–H groups in total. The molecule has 0 aromatic heterocycles. The normalized spacial score (nSPS) is 16.8.